The molecule has 0 aliphatic carbocycles. The molecule has 1 aliphatic heterocycles. The summed E-state index contributed by atoms with van der Waals surface area (Å²) in [6.45, 7) is 2.09. The van der Waals surface area contributed by atoms with Gasteiger partial charge in [-0.3, -0.25) is 4.79 Å². The number of aliphatic hydroxyl groups excluding tert-OH is 1. The van der Waals surface area contributed by atoms with E-state index in [1.54, 1.807) is 0 Å². The molecule has 1 heterocycles. The molecule has 1 rings (SSSR count). The Hall–Kier alpha value is -0.220. The summed E-state index contributed by atoms with van der Waals surface area (Å²) in [6, 6.07) is 0. The summed E-state index contributed by atoms with van der Waals surface area (Å²) in [6.07, 6.45) is 3.25. The van der Waals surface area contributed by atoms with E-state index >= 15 is 0 Å². The van der Waals surface area contributed by atoms with Gasteiger partial charge >= 0.3 is 5.97 Å². The second kappa shape index (κ2) is 7.17. The van der Waals surface area contributed by atoms with Crippen LogP contribution in [0.1, 0.15) is 32.6 Å². The van der Waals surface area contributed by atoms with Crippen molar-refractivity contribution in [3.63, 3.8) is 0 Å². The lowest BCUT2D eigenvalue weighted by atomic mass is 9.87. The van der Waals surface area contributed by atoms with Gasteiger partial charge in [0.25, 0.3) is 0 Å². The van der Waals surface area contributed by atoms with Crippen molar-refractivity contribution in [2.24, 2.45) is 11.8 Å². The van der Waals surface area contributed by atoms with Gasteiger partial charge in [-0.15, -0.1) is 0 Å². The number of hydrogen-bond acceptors (Lipinski definition) is 4. The minimum Gasteiger partial charge on any atom is -0.469 e. The summed E-state index contributed by atoms with van der Waals surface area (Å²) in [5, 5.41) is 10.2. The molecule has 0 aromatic rings. The maximum Gasteiger partial charge on any atom is 0.311 e. The van der Waals surface area contributed by atoms with Crippen molar-refractivity contribution in [1.82, 2.24) is 0 Å². The lowest BCUT2D eigenvalue weighted by Crippen LogP contribution is -2.35. The fraction of sp³-hybridized carbons (Fsp3) is 0.917. The van der Waals surface area contributed by atoms with E-state index in [1.807, 2.05) is 11.8 Å². The molecule has 1 N–H and O–H groups in total. The monoisotopic (exact) mass is 246 g/mol. The number of aliphatic hydroxyl groups is 1. The van der Waals surface area contributed by atoms with E-state index in [4.69, 9.17) is 4.74 Å². The van der Waals surface area contributed by atoms with Crippen molar-refractivity contribution in [3.05, 3.63) is 0 Å². The van der Waals surface area contributed by atoms with Crippen molar-refractivity contribution >= 4 is 17.7 Å². The number of unbranched alkanes of at least 4 members (excludes halogenated alkanes) is 1. The smallest absolute Gasteiger partial charge is 0.311 e. The third kappa shape index (κ3) is 3.67. The zero-order valence-corrected chi connectivity index (χ0v) is 11.0. The first-order valence-electron chi connectivity index (χ1n) is 6.04. The van der Waals surface area contributed by atoms with Crippen LogP contribution in [-0.2, 0) is 9.53 Å². The maximum atomic E-state index is 11.6. The standard InChI is InChI=1S/C12H22O3S/c1-3-4-5-10(12(14)15-2)11(13)9-6-7-16-8-9/h9-11,13H,3-8H2,1-2H3. The zero-order chi connectivity index (χ0) is 12.0. The quantitative estimate of drug-likeness (QED) is 0.729. The van der Waals surface area contributed by atoms with Gasteiger partial charge < -0.3 is 9.84 Å². The van der Waals surface area contributed by atoms with Gasteiger partial charge in [-0.2, -0.15) is 11.8 Å². The SMILES string of the molecule is CCCCC(C(=O)OC)C(O)C1CCSC1. The molecule has 4 heteroatoms. The molecular weight excluding hydrogens is 224 g/mol. The second-order valence-corrected chi connectivity index (χ2v) is 5.54. The van der Waals surface area contributed by atoms with Gasteiger partial charge in [-0.25, -0.2) is 0 Å². The van der Waals surface area contributed by atoms with Crippen LogP contribution in [0.15, 0.2) is 0 Å². The molecule has 1 saturated heterocycles. The Kier molecular flexibility index (Phi) is 6.21. The molecule has 16 heavy (non-hydrogen) atoms. The molecule has 3 atom stereocenters. The number of carbonyl (C=O) groups excluding carboxylic acids is 1. The number of methoxy groups -OCH3 is 1. The van der Waals surface area contributed by atoms with Gasteiger partial charge in [0.05, 0.1) is 19.1 Å². The zero-order valence-electron chi connectivity index (χ0n) is 10.1. The van der Waals surface area contributed by atoms with E-state index in [1.165, 1.54) is 7.11 Å². The molecule has 3 unspecified atom stereocenters. The second-order valence-electron chi connectivity index (χ2n) is 4.39. The Balaban J connectivity index is 2.55. The van der Waals surface area contributed by atoms with Crippen LogP contribution < -0.4 is 0 Å². The number of thioether (sulfide) groups is 1. The Morgan fingerprint density at radius 2 is 2.38 bits per heavy atom. The van der Waals surface area contributed by atoms with Gasteiger partial charge in [-0.1, -0.05) is 19.8 Å². The topological polar surface area (TPSA) is 46.5 Å². The van der Waals surface area contributed by atoms with Crippen molar-refractivity contribution < 1.29 is 14.6 Å². The van der Waals surface area contributed by atoms with E-state index in [-0.39, 0.29) is 17.8 Å². The average Bonchev–Trinajstić information content (AvgIpc) is 2.82. The van der Waals surface area contributed by atoms with Crippen LogP contribution in [0.4, 0.5) is 0 Å². The minimum atomic E-state index is -0.519. The van der Waals surface area contributed by atoms with Crippen LogP contribution in [0, 0.1) is 11.8 Å². The minimum absolute atomic E-state index is 0.252. The van der Waals surface area contributed by atoms with Crippen LogP contribution >= 0.6 is 11.8 Å². The van der Waals surface area contributed by atoms with E-state index in [0.717, 1.165) is 37.2 Å². The first-order chi connectivity index (χ1) is 7.70. The summed E-state index contributed by atoms with van der Waals surface area (Å²) < 4.78 is 4.78. The molecule has 0 spiro atoms. The maximum absolute atomic E-state index is 11.6. The summed E-state index contributed by atoms with van der Waals surface area (Å²) in [5.41, 5.74) is 0. The first-order valence-corrected chi connectivity index (χ1v) is 7.19. The van der Waals surface area contributed by atoms with Gasteiger partial charge in [0.2, 0.25) is 0 Å². The van der Waals surface area contributed by atoms with Crippen LogP contribution in [0.2, 0.25) is 0 Å². The molecular formula is C12H22O3S. The largest absolute Gasteiger partial charge is 0.469 e. The van der Waals surface area contributed by atoms with E-state index in [2.05, 4.69) is 6.92 Å². The number of carbonyl (C=O) groups is 1. The predicted octanol–water partition coefficient (Wildman–Crippen LogP) is 2.08. The fourth-order valence-corrected chi connectivity index (χ4v) is 3.46. The van der Waals surface area contributed by atoms with Crippen molar-refractivity contribution in [1.29, 1.82) is 0 Å². The fourth-order valence-electron chi connectivity index (χ4n) is 2.15. The Morgan fingerprint density at radius 3 is 2.88 bits per heavy atom. The molecule has 0 aromatic heterocycles. The lowest BCUT2D eigenvalue weighted by Gasteiger charge is -2.25. The van der Waals surface area contributed by atoms with Gasteiger partial charge in [-0.05, 0) is 30.3 Å². The molecule has 1 fully saturated rings. The third-order valence-electron chi connectivity index (χ3n) is 3.23. The van der Waals surface area contributed by atoms with E-state index in [9.17, 15) is 9.90 Å². The lowest BCUT2D eigenvalue weighted by molar-refractivity contribution is -0.151. The number of hydrogen-bond donors (Lipinski definition) is 1. The molecule has 0 saturated carbocycles. The number of esters is 1. The molecule has 94 valence electrons. The molecule has 0 bridgehead atoms. The third-order valence-corrected chi connectivity index (χ3v) is 4.42. The predicted molar refractivity (Wildman–Crippen MR) is 66.5 cm³/mol. The van der Waals surface area contributed by atoms with E-state index < -0.39 is 6.10 Å². The molecule has 3 nitrogen and oxygen atoms in total. The van der Waals surface area contributed by atoms with Crippen LogP contribution in [-0.4, -0.2) is 35.8 Å². The summed E-state index contributed by atoms with van der Waals surface area (Å²) in [7, 11) is 1.40. The highest BCUT2D eigenvalue weighted by molar-refractivity contribution is 7.99. The van der Waals surface area contributed by atoms with Crippen LogP contribution in [0.25, 0.3) is 0 Å². The van der Waals surface area contributed by atoms with Gasteiger partial charge in [0, 0.05) is 0 Å². The van der Waals surface area contributed by atoms with Crippen LogP contribution in [0.5, 0.6) is 0 Å². The normalized spacial score (nSPS) is 24.1. The summed E-state index contributed by atoms with van der Waals surface area (Å²) in [4.78, 5) is 11.6. The first kappa shape index (κ1) is 13.8. The Bertz CT molecular complexity index is 214. The molecule has 0 radical (unpaired) electrons. The molecule has 0 amide bonds. The van der Waals surface area contributed by atoms with Gasteiger partial charge in [0.1, 0.15) is 0 Å². The van der Waals surface area contributed by atoms with Crippen molar-refractivity contribution in [2.45, 2.75) is 38.7 Å². The highest BCUT2D eigenvalue weighted by Gasteiger charge is 2.34. The van der Waals surface area contributed by atoms with Crippen molar-refractivity contribution in [3.8, 4) is 0 Å². The molecule has 1 aliphatic rings. The van der Waals surface area contributed by atoms with E-state index in [0.29, 0.717) is 0 Å². The summed E-state index contributed by atoms with van der Waals surface area (Å²) in [5.74, 6) is 1.77. The summed E-state index contributed by atoms with van der Waals surface area (Å²) >= 11 is 1.86. The highest BCUT2D eigenvalue weighted by Crippen LogP contribution is 2.31. The molecule has 0 aromatic carbocycles. The Morgan fingerprint density at radius 1 is 1.62 bits per heavy atom. The number of rotatable bonds is 6. The van der Waals surface area contributed by atoms with Crippen molar-refractivity contribution in [2.75, 3.05) is 18.6 Å². The number of ether oxygens (including phenoxy) is 1. The van der Waals surface area contributed by atoms with Gasteiger partial charge in [0.15, 0.2) is 0 Å². The highest BCUT2D eigenvalue weighted by atomic mass is 32.2. The van der Waals surface area contributed by atoms with Crippen LogP contribution in [0.3, 0.4) is 0 Å². The average molecular weight is 246 g/mol. The Labute approximate surface area is 102 Å².